The third kappa shape index (κ3) is 2.02. The second-order valence-corrected chi connectivity index (χ2v) is 10.6. The number of carbonyl (C=O) groups is 1. The molecule has 0 amide bonds. The van der Waals surface area contributed by atoms with E-state index < -0.39 is 0 Å². The summed E-state index contributed by atoms with van der Waals surface area (Å²) in [7, 11) is 0. The van der Waals surface area contributed by atoms with Gasteiger partial charge in [0.05, 0.1) is 0 Å². The van der Waals surface area contributed by atoms with Gasteiger partial charge in [-0.3, -0.25) is 4.79 Å². The highest BCUT2D eigenvalue weighted by Gasteiger charge is 2.68. The number of fused-ring (bicyclic) bond motifs is 7. The van der Waals surface area contributed by atoms with Crippen LogP contribution < -0.4 is 0 Å². The second-order valence-electron chi connectivity index (χ2n) is 10.6. The molecule has 8 unspecified atom stereocenters. The first-order valence-corrected chi connectivity index (χ1v) is 11.1. The van der Waals surface area contributed by atoms with Crippen molar-refractivity contribution in [1.82, 2.24) is 0 Å². The van der Waals surface area contributed by atoms with Gasteiger partial charge >= 0.3 is 0 Å². The van der Waals surface area contributed by atoms with Crippen LogP contribution >= 0.6 is 0 Å². The van der Waals surface area contributed by atoms with Gasteiger partial charge in [-0.2, -0.15) is 0 Å². The molecule has 24 heavy (non-hydrogen) atoms. The van der Waals surface area contributed by atoms with Gasteiger partial charge in [0.1, 0.15) is 5.78 Å². The van der Waals surface area contributed by atoms with Crippen LogP contribution in [0.2, 0.25) is 0 Å². The van der Waals surface area contributed by atoms with Gasteiger partial charge in [0, 0.05) is 12.3 Å². The molecule has 1 heteroatoms. The summed E-state index contributed by atoms with van der Waals surface area (Å²) < 4.78 is 0. The Morgan fingerprint density at radius 3 is 1.96 bits per heavy atom. The van der Waals surface area contributed by atoms with E-state index in [-0.39, 0.29) is 0 Å². The quantitative estimate of drug-likeness (QED) is 0.543. The van der Waals surface area contributed by atoms with Gasteiger partial charge in [-0.15, -0.1) is 0 Å². The zero-order valence-corrected chi connectivity index (χ0v) is 15.8. The molecule has 0 saturated heterocycles. The first kappa shape index (κ1) is 15.9. The highest BCUT2D eigenvalue weighted by atomic mass is 16.1. The standard InChI is InChI=1S/C23H36O/c1-14-7-9-16-17-10-8-15(2)12-21(17)23(20(16)11-14)13-22(24)18-5-3-4-6-19(18)23/h14-21H,3-13H2,1-2H3. The van der Waals surface area contributed by atoms with Crippen molar-refractivity contribution in [3.05, 3.63) is 0 Å². The number of Topliss-reactive ketones (excluding diaryl/α,β-unsaturated/α-hetero) is 1. The number of carbonyl (C=O) groups excluding carboxylic acids is 1. The zero-order chi connectivity index (χ0) is 16.5. The highest BCUT2D eigenvalue weighted by molar-refractivity contribution is 5.85. The summed E-state index contributed by atoms with van der Waals surface area (Å²) in [6.45, 7) is 4.98. The molecule has 1 spiro atoms. The molecule has 0 bridgehead atoms. The van der Waals surface area contributed by atoms with Crippen LogP contribution in [0.3, 0.4) is 0 Å². The first-order valence-electron chi connectivity index (χ1n) is 11.1. The molecule has 5 aliphatic rings. The Kier molecular flexibility index (Phi) is 3.70. The minimum Gasteiger partial charge on any atom is -0.299 e. The van der Waals surface area contributed by atoms with Gasteiger partial charge in [-0.25, -0.2) is 0 Å². The molecular formula is C23H36O. The van der Waals surface area contributed by atoms with Gasteiger partial charge in [0.2, 0.25) is 0 Å². The Bertz CT molecular complexity index is 496. The minimum atomic E-state index is 0.445. The molecule has 5 aliphatic carbocycles. The molecular weight excluding hydrogens is 292 g/mol. The minimum absolute atomic E-state index is 0.445. The van der Waals surface area contributed by atoms with E-state index in [1.165, 1.54) is 64.2 Å². The number of rotatable bonds is 0. The van der Waals surface area contributed by atoms with E-state index in [1.54, 1.807) is 0 Å². The van der Waals surface area contributed by atoms with Crippen molar-refractivity contribution < 1.29 is 4.79 Å². The Hall–Kier alpha value is -0.330. The Balaban J connectivity index is 1.59. The number of ketones is 1. The fraction of sp³-hybridized carbons (Fsp3) is 0.957. The van der Waals surface area contributed by atoms with E-state index in [9.17, 15) is 4.79 Å². The fourth-order valence-electron chi connectivity index (χ4n) is 8.88. The fourth-order valence-corrected chi connectivity index (χ4v) is 8.88. The molecule has 0 aromatic carbocycles. The lowest BCUT2D eigenvalue weighted by atomic mass is 9.56. The molecule has 5 saturated carbocycles. The van der Waals surface area contributed by atoms with Crippen molar-refractivity contribution >= 4 is 5.78 Å². The van der Waals surface area contributed by atoms with Crippen LogP contribution in [0.4, 0.5) is 0 Å². The van der Waals surface area contributed by atoms with Crippen LogP contribution in [0.25, 0.3) is 0 Å². The molecule has 134 valence electrons. The van der Waals surface area contributed by atoms with Crippen LogP contribution in [0.15, 0.2) is 0 Å². The van der Waals surface area contributed by atoms with Crippen molar-refractivity contribution in [2.75, 3.05) is 0 Å². The van der Waals surface area contributed by atoms with Crippen LogP contribution in [0.5, 0.6) is 0 Å². The molecule has 5 rings (SSSR count). The smallest absolute Gasteiger partial charge is 0.136 e. The highest BCUT2D eigenvalue weighted by Crippen LogP contribution is 2.72. The molecule has 1 nitrogen and oxygen atoms in total. The molecule has 0 aromatic rings. The Morgan fingerprint density at radius 2 is 1.33 bits per heavy atom. The van der Waals surface area contributed by atoms with Crippen LogP contribution in [0, 0.1) is 52.8 Å². The summed E-state index contributed by atoms with van der Waals surface area (Å²) in [6.07, 6.45) is 15.1. The Morgan fingerprint density at radius 1 is 0.750 bits per heavy atom. The lowest BCUT2D eigenvalue weighted by molar-refractivity contribution is -0.122. The predicted molar refractivity (Wildman–Crippen MR) is 97.5 cm³/mol. The SMILES string of the molecule is CC1CCC2C3CCC(C)CC3C3(CC(=O)C4CCCCC43)C2C1. The van der Waals surface area contributed by atoms with E-state index in [4.69, 9.17) is 0 Å². The molecule has 0 N–H and O–H groups in total. The monoisotopic (exact) mass is 328 g/mol. The van der Waals surface area contributed by atoms with E-state index in [0.29, 0.717) is 17.1 Å². The molecule has 0 radical (unpaired) electrons. The maximum atomic E-state index is 13.1. The summed E-state index contributed by atoms with van der Waals surface area (Å²) in [5.74, 6) is 7.49. The topological polar surface area (TPSA) is 17.1 Å². The molecule has 0 aromatic heterocycles. The van der Waals surface area contributed by atoms with Crippen molar-refractivity contribution in [3.63, 3.8) is 0 Å². The summed E-state index contributed by atoms with van der Waals surface area (Å²) in [4.78, 5) is 13.1. The third-order valence-electron chi connectivity index (χ3n) is 9.61. The first-order chi connectivity index (χ1) is 11.6. The largest absolute Gasteiger partial charge is 0.299 e. The molecule has 8 atom stereocenters. The third-order valence-corrected chi connectivity index (χ3v) is 9.61. The average molecular weight is 329 g/mol. The summed E-state index contributed by atoms with van der Waals surface area (Å²) >= 11 is 0. The predicted octanol–water partition coefficient (Wildman–Crippen LogP) is 5.87. The maximum absolute atomic E-state index is 13.1. The molecule has 5 fully saturated rings. The van der Waals surface area contributed by atoms with Gasteiger partial charge < -0.3 is 0 Å². The van der Waals surface area contributed by atoms with E-state index in [2.05, 4.69) is 13.8 Å². The van der Waals surface area contributed by atoms with Crippen LogP contribution in [0.1, 0.15) is 84.5 Å². The summed E-state index contributed by atoms with van der Waals surface area (Å²) in [5.41, 5.74) is 0.445. The lowest BCUT2D eigenvalue weighted by Gasteiger charge is -2.48. The number of hydrogen-bond acceptors (Lipinski definition) is 1. The maximum Gasteiger partial charge on any atom is 0.136 e. The number of hydrogen-bond donors (Lipinski definition) is 0. The Labute approximate surface area is 148 Å². The van der Waals surface area contributed by atoms with Gasteiger partial charge in [-0.05, 0) is 85.4 Å². The van der Waals surface area contributed by atoms with Gasteiger partial charge in [-0.1, -0.05) is 39.5 Å². The second kappa shape index (κ2) is 5.58. The van der Waals surface area contributed by atoms with E-state index in [0.717, 1.165) is 47.8 Å². The van der Waals surface area contributed by atoms with E-state index >= 15 is 0 Å². The molecule has 0 heterocycles. The molecule has 0 aliphatic heterocycles. The van der Waals surface area contributed by atoms with Crippen molar-refractivity contribution in [2.24, 2.45) is 52.8 Å². The van der Waals surface area contributed by atoms with Gasteiger partial charge in [0.15, 0.2) is 0 Å². The van der Waals surface area contributed by atoms with Crippen molar-refractivity contribution in [1.29, 1.82) is 0 Å². The summed E-state index contributed by atoms with van der Waals surface area (Å²) in [6, 6.07) is 0. The van der Waals surface area contributed by atoms with Crippen LogP contribution in [-0.2, 0) is 4.79 Å². The van der Waals surface area contributed by atoms with Crippen molar-refractivity contribution in [3.8, 4) is 0 Å². The zero-order valence-electron chi connectivity index (χ0n) is 15.8. The summed E-state index contributed by atoms with van der Waals surface area (Å²) in [5, 5.41) is 0. The van der Waals surface area contributed by atoms with Crippen LogP contribution in [-0.4, -0.2) is 5.78 Å². The lowest BCUT2D eigenvalue weighted by Crippen LogP contribution is -2.42. The average Bonchev–Trinajstić information content (AvgIpc) is 3.02. The normalized spacial score (nSPS) is 56.8. The van der Waals surface area contributed by atoms with E-state index in [1.807, 2.05) is 0 Å². The van der Waals surface area contributed by atoms with Gasteiger partial charge in [0.25, 0.3) is 0 Å². The van der Waals surface area contributed by atoms with Crippen molar-refractivity contribution in [2.45, 2.75) is 84.5 Å².